The van der Waals surface area contributed by atoms with Gasteiger partial charge >= 0.3 is 0 Å². The maximum atomic E-state index is 13.5. The molecule has 9 nitrogen and oxygen atoms in total. The molecule has 34 heavy (non-hydrogen) atoms. The Kier molecular flexibility index (Phi) is 7.97. The monoisotopic (exact) mass is 467 g/mol. The number of nitrogens with zero attached hydrogens (tertiary/aromatic N) is 3. The van der Waals surface area contributed by atoms with E-state index in [1.165, 1.54) is 0 Å². The quantitative estimate of drug-likeness (QED) is 0.584. The van der Waals surface area contributed by atoms with E-state index in [-0.39, 0.29) is 24.7 Å². The molecule has 1 atom stereocenters. The van der Waals surface area contributed by atoms with Crippen LogP contribution in [0.25, 0.3) is 0 Å². The zero-order chi connectivity index (χ0) is 23.9. The summed E-state index contributed by atoms with van der Waals surface area (Å²) in [4.78, 5) is 29.9. The van der Waals surface area contributed by atoms with Crippen molar-refractivity contribution in [1.82, 2.24) is 15.4 Å². The molecule has 3 heterocycles. The molecule has 2 aliphatic heterocycles. The second-order valence-electron chi connectivity index (χ2n) is 8.47. The Bertz CT molecular complexity index is 1010. The number of hydroxylamine groups is 1. The van der Waals surface area contributed by atoms with E-state index in [0.717, 1.165) is 24.2 Å². The van der Waals surface area contributed by atoms with Crippen molar-refractivity contribution in [3.05, 3.63) is 53.2 Å². The number of aromatic nitrogens is 1. The van der Waals surface area contributed by atoms with Gasteiger partial charge in [-0.15, -0.1) is 0 Å². The van der Waals surface area contributed by atoms with E-state index >= 15 is 0 Å². The first-order chi connectivity index (χ1) is 16.6. The highest BCUT2D eigenvalue weighted by molar-refractivity contribution is 5.97. The fraction of sp³-hybridized carbons (Fsp3) is 0.480. The highest BCUT2D eigenvalue weighted by Crippen LogP contribution is 2.29. The Balaban J connectivity index is 1.51. The fourth-order valence-corrected chi connectivity index (χ4v) is 4.23. The van der Waals surface area contributed by atoms with Crippen LogP contribution in [-0.2, 0) is 22.8 Å². The number of likely N-dealkylation sites (tertiary alicyclic amines) is 1. The van der Waals surface area contributed by atoms with E-state index in [2.05, 4.69) is 15.8 Å². The van der Waals surface area contributed by atoms with Crippen LogP contribution < -0.4 is 15.5 Å². The number of piperidine rings is 1. The Morgan fingerprint density at radius 2 is 2.00 bits per heavy atom. The molecule has 0 aliphatic carbocycles. The van der Waals surface area contributed by atoms with Gasteiger partial charge in [-0.05, 0) is 38.3 Å². The molecular formula is C25H33N5O4. The Labute approximate surface area is 200 Å². The van der Waals surface area contributed by atoms with Gasteiger partial charge in [0.15, 0.2) is 6.23 Å². The number of carbonyl (C=O) groups is 1. The van der Waals surface area contributed by atoms with Gasteiger partial charge in [0.1, 0.15) is 12.4 Å². The normalized spacial score (nSPS) is 18.4. The smallest absolute Gasteiger partial charge is 0.255 e. The maximum Gasteiger partial charge on any atom is 0.255 e. The standard InChI is InChI=1S/C25H33N5O4/c1-4-26-21-14-20(22(16-32-3)28-24(21)33-15-18-8-6-5-7-9-18)25(31)30-12-10-19(11-13-30)23-27-17(2)34-29-23/h5-9,14,17,19,26H,4,10-13,15-16H2,1-3H3,(H,27,29). The van der Waals surface area contributed by atoms with E-state index < -0.39 is 0 Å². The number of amidine groups is 1. The molecule has 1 unspecified atom stereocenters. The van der Waals surface area contributed by atoms with Crippen LogP contribution in [0, 0.1) is 5.92 Å². The molecule has 0 saturated carbocycles. The zero-order valence-electron chi connectivity index (χ0n) is 20.0. The highest BCUT2D eigenvalue weighted by atomic mass is 16.7. The number of pyridine rings is 1. The van der Waals surface area contributed by atoms with Gasteiger partial charge < -0.3 is 19.7 Å². The number of hydrogen-bond donors (Lipinski definition) is 2. The fourth-order valence-electron chi connectivity index (χ4n) is 4.23. The number of anilines is 1. The minimum absolute atomic E-state index is 0.0438. The minimum atomic E-state index is -0.163. The van der Waals surface area contributed by atoms with E-state index in [1.807, 2.05) is 55.1 Å². The average Bonchev–Trinajstić information content (AvgIpc) is 3.30. The number of ether oxygens (including phenoxy) is 2. The molecule has 1 amide bonds. The van der Waals surface area contributed by atoms with Crippen LogP contribution in [0.15, 0.2) is 41.4 Å². The lowest BCUT2D eigenvalue weighted by molar-refractivity contribution is 0.0477. The van der Waals surface area contributed by atoms with Crippen molar-refractivity contribution in [2.45, 2.75) is 46.1 Å². The number of amides is 1. The minimum Gasteiger partial charge on any atom is -0.471 e. The number of carbonyl (C=O) groups excluding carboxylic acids is 1. The summed E-state index contributed by atoms with van der Waals surface area (Å²) < 4.78 is 11.4. The Hall–Kier alpha value is -3.17. The second kappa shape index (κ2) is 11.3. The molecule has 0 bridgehead atoms. The molecule has 4 rings (SSSR count). The van der Waals surface area contributed by atoms with Gasteiger partial charge in [0.2, 0.25) is 5.88 Å². The SMILES string of the molecule is CCNc1cc(C(=O)N2CCC(C3=NC(C)ON3)CC2)c(COC)nc1OCc1ccccc1. The molecule has 182 valence electrons. The van der Waals surface area contributed by atoms with Crippen LogP contribution in [0.5, 0.6) is 5.88 Å². The van der Waals surface area contributed by atoms with E-state index in [4.69, 9.17) is 19.3 Å². The van der Waals surface area contributed by atoms with Gasteiger partial charge in [-0.2, -0.15) is 0 Å². The van der Waals surface area contributed by atoms with Crippen molar-refractivity contribution in [3.63, 3.8) is 0 Å². The van der Waals surface area contributed by atoms with Crippen LogP contribution in [0.2, 0.25) is 0 Å². The number of nitrogens with one attached hydrogen (secondary N) is 2. The molecule has 2 aliphatic rings. The summed E-state index contributed by atoms with van der Waals surface area (Å²) >= 11 is 0. The van der Waals surface area contributed by atoms with Crippen molar-refractivity contribution in [3.8, 4) is 5.88 Å². The summed E-state index contributed by atoms with van der Waals surface area (Å²) in [5, 5.41) is 3.29. The lowest BCUT2D eigenvalue weighted by atomic mass is 9.95. The summed E-state index contributed by atoms with van der Waals surface area (Å²) in [5.74, 6) is 1.58. The number of methoxy groups -OCH3 is 1. The Morgan fingerprint density at radius 3 is 2.65 bits per heavy atom. The lowest BCUT2D eigenvalue weighted by Crippen LogP contribution is -2.42. The summed E-state index contributed by atoms with van der Waals surface area (Å²) in [6, 6.07) is 11.8. The number of benzene rings is 1. The van der Waals surface area contributed by atoms with Crippen molar-refractivity contribution < 1.29 is 19.1 Å². The second-order valence-corrected chi connectivity index (χ2v) is 8.47. The third-order valence-corrected chi connectivity index (χ3v) is 5.99. The predicted molar refractivity (Wildman–Crippen MR) is 130 cm³/mol. The van der Waals surface area contributed by atoms with Gasteiger partial charge in [0.25, 0.3) is 5.91 Å². The number of rotatable bonds is 9. The van der Waals surface area contributed by atoms with Crippen LogP contribution >= 0.6 is 0 Å². The highest BCUT2D eigenvalue weighted by Gasteiger charge is 2.30. The van der Waals surface area contributed by atoms with E-state index in [1.54, 1.807) is 7.11 Å². The first kappa shape index (κ1) is 24.0. The maximum absolute atomic E-state index is 13.5. The average molecular weight is 468 g/mol. The largest absolute Gasteiger partial charge is 0.471 e. The third-order valence-electron chi connectivity index (χ3n) is 5.99. The van der Waals surface area contributed by atoms with Gasteiger partial charge in [-0.1, -0.05) is 30.3 Å². The van der Waals surface area contributed by atoms with Crippen molar-refractivity contribution in [1.29, 1.82) is 0 Å². The van der Waals surface area contributed by atoms with Gasteiger partial charge in [0.05, 0.1) is 23.6 Å². The van der Waals surface area contributed by atoms with Crippen molar-refractivity contribution in [2.75, 3.05) is 32.1 Å². The van der Waals surface area contributed by atoms with Crippen molar-refractivity contribution in [2.24, 2.45) is 10.9 Å². The van der Waals surface area contributed by atoms with Crippen LogP contribution in [0.1, 0.15) is 48.3 Å². The van der Waals surface area contributed by atoms with Crippen molar-refractivity contribution >= 4 is 17.4 Å². The molecule has 1 aromatic carbocycles. The van der Waals surface area contributed by atoms with Gasteiger partial charge in [0, 0.05) is 32.7 Å². The molecule has 9 heteroatoms. The molecule has 1 saturated heterocycles. The molecule has 2 N–H and O–H groups in total. The van der Waals surface area contributed by atoms with E-state index in [9.17, 15) is 4.79 Å². The third kappa shape index (κ3) is 5.66. The first-order valence-corrected chi connectivity index (χ1v) is 11.8. The van der Waals surface area contributed by atoms with Crippen LogP contribution in [-0.4, -0.2) is 54.6 Å². The first-order valence-electron chi connectivity index (χ1n) is 11.8. The summed E-state index contributed by atoms with van der Waals surface area (Å²) in [7, 11) is 1.60. The van der Waals surface area contributed by atoms with Gasteiger partial charge in [-0.3, -0.25) is 10.3 Å². The summed E-state index contributed by atoms with van der Waals surface area (Å²) in [6.45, 7) is 6.49. The lowest BCUT2D eigenvalue weighted by Gasteiger charge is -2.32. The number of hydrogen-bond acceptors (Lipinski definition) is 8. The topological polar surface area (TPSA) is 97.3 Å². The molecule has 2 aromatic rings. The Morgan fingerprint density at radius 1 is 1.24 bits per heavy atom. The molecule has 0 radical (unpaired) electrons. The van der Waals surface area contributed by atoms with Gasteiger partial charge in [-0.25, -0.2) is 14.8 Å². The number of aliphatic imine (C=N–C) groups is 1. The molecule has 1 fully saturated rings. The summed E-state index contributed by atoms with van der Waals surface area (Å²) in [5.41, 5.74) is 5.78. The molecule has 1 aromatic heterocycles. The van der Waals surface area contributed by atoms with Crippen LogP contribution in [0.3, 0.4) is 0 Å². The predicted octanol–water partition coefficient (Wildman–Crippen LogP) is 3.37. The molecule has 0 spiro atoms. The summed E-state index contributed by atoms with van der Waals surface area (Å²) in [6.07, 6.45) is 1.50. The zero-order valence-corrected chi connectivity index (χ0v) is 20.0. The van der Waals surface area contributed by atoms with E-state index in [0.29, 0.717) is 49.1 Å². The molecular weight excluding hydrogens is 434 g/mol. The van der Waals surface area contributed by atoms with Crippen LogP contribution in [0.4, 0.5) is 5.69 Å².